The first-order valence-electron chi connectivity index (χ1n) is 9.89. The van der Waals surface area contributed by atoms with Crippen LogP contribution in [0.3, 0.4) is 0 Å². The van der Waals surface area contributed by atoms with E-state index in [9.17, 15) is 4.79 Å². The number of aromatic nitrogens is 2. The van der Waals surface area contributed by atoms with Gasteiger partial charge < -0.3 is 14.4 Å². The molecule has 3 rings (SSSR count). The minimum absolute atomic E-state index is 0.0145. The molecule has 0 spiro atoms. The molecule has 1 atom stereocenters. The highest BCUT2D eigenvalue weighted by Gasteiger charge is 2.33. The summed E-state index contributed by atoms with van der Waals surface area (Å²) in [5.41, 5.74) is 0. The lowest BCUT2D eigenvalue weighted by atomic mass is 9.76. The highest BCUT2D eigenvalue weighted by atomic mass is 16.5. The van der Waals surface area contributed by atoms with Crippen LogP contribution in [0.4, 0.5) is 0 Å². The molecule has 1 unspecified atom stereocenters. The van der Waals surface area contributed by atoms with E-state index in [2.05, 4.69) is 23.8 Å². The normalized spacial score (nSPS) is 26.6. The van der Waals surface area contributed by atoms with Crippen molar-refractivity contribution in [1.82, 2.24) is 14.9 Å². The van der Waals surface area contributed by atoms with Gasteiger partial charge in [0.25, 0.3) is 0 Å². The van der Waals surface area contributed by atoms with Gasteiger partial charge in [-0.2, -0.15) is 4.98 Å². The maximum Gasteiger partial charge on any atom is 0.319 e. The number of ether oxygens (including phenoxy) is 2. The molecule has 1 aliphatic carbocycles. The Morgan fingerprint density at radius 2 is 2.00 bits per heavy atom. The van der Waals surface area contributed by atoms with Crippen molar-refractivity contribution in [3.8, 4) is 11.9 Å². The third-order valence-corrected chi connectivity index (χ3v) is 5.83. The topological polar surface area (TPSA) is 64.6 Å². The van der Waals surface area contributed by atoms with Gasteiger partial charge in [0.2, 0.25) is 11.8 Å². The number of hydrogen-bond donors (Lipinski definition) is 0. The molecule has 0 bridgehead atoms. The number of likely N-dealkylation sites (tertiary alicyclic amines) is 1. The van der Waals surface area contributed by atoms with E-state index in [1.165, 1.54) is 20.0 Å². The maximum absolute atomic E-state index is 13.0. The molecule has 2 aliphatic rings. The summed E-state index contributed by atoms with van der Waals surface area (Å²) in [6.45, 7) is 6.08. The zero-order valence-corrected chi connectivity index (χ0v) is 16.2. The molecule has 6 heteroatoms. The fourth-order valence-corrected chi connectivity index (χ4v) is 4.19. The number of hydrogen-bond acceptors (Lipinski definition) is 5. The van der Waals surface area contributed by atoms with Crippen molar-refractivity contribution >= 4 is 5.91 Å². The van der Waals surface area contributed by atoms with Crippen LogP contribution in [0.15, 0.2) is 12.3 Å². The third kappa shape index (κ3) is 4.65. The maximum atomic E-state index is 13.0. The molecule has 1 aromatic rings. The van der Waals surface area contributed by atoms with Crippen LogP contribution in [0, 0.1) is 17.8 Å². The fourth-order valence-electron chi connectivity index (χ4n) is 4.19. The molecule has 0 N–H and O–H groups in total. The molecule has 6 nitrogen and oxygen atoms in total. The van der Waals surface area contributed by atoms with Crippen LogP contribution in [-0.2, 0) is 4.79 Å². The van der Waals surface area contributed by atoms with E-state index >= 15 is 0 Å². The van der Waals surface area contributed by atoms with E-state index in [-0.39, 0.29) is 12.0 Å². The quantitative estimate of drug-likeness (QED) is 0.805. The Morgan fingerprint density at radius 1 is 1.23 bits per heavy atom. The van der Waals surface area contributed by atoms with E-state index in [4.69, 9.17) is 9.47 Å². The summed E-state index contributed by atoms with van der Waals surface area (Å²) in [5.74, 6) is 2.53. The molecular formula is C20H31N3O3. The summed E-state index contributed by atoms with van der Waals surface area (Å²) in [5, 5.41) is 0. The zero-order chi connectivity index (χ0) is 18.5. The van der Waals surface area contributed by atoms with E-state index < -0.39 is 0 Å². The van der Waals surface area contributed by atoms with Crippen molar-refractivity contribution in [3.05, 3.63) is 12.3 Å². The van der Waals surface area contributed by atoms with Gasteiger partial charge in [0.15, 0.2) is 0 Å². The fraction of sp³-hybridized carbons (Fsp3) is 0.750. The number of carbonyl (C=O) groups is 1. The summed E-state index contributed by atoms with van der Waals surface area (Å²) >= 11 is 0. The molecule has 1 aliphatic heterocycles. The van der Waals surface area contributed by atoms with Crippen molar-refractivity contribution in [1.29, 1.82) is 0 Å². The van der Waals surface area contributed by atoms with Gasteiger partial charge in [0.05, 0.1) is 13.7 Å². The van der Waals surface area contributed by atoms with Gasteiger partial charge in [-0.3, -0.25) is 4.79 Å². The van der Waals surface area contributed by atoms with E-state index in [0.29, 0.717) is 24.3 Å². The Labute approximate surface area is 156 Å². The Bertz CT molecular complexity index is 600. The Hall–Kier alpha value is -1.85. The third-order valence-electron chi connectivity index (χ3n) is 5.83. The van der Waals surface area contributed by atoms with Crippen LogP contribution in [0.1, 0.15) is 52.4 Å². The Balaban J connectivity index is 1.53. The van der Waals surface area contributed by atoms with Crippen LogP contribution in [0.25, 0.3) is 0 Å². The van der Waals surface area contributed by atoms with Crippen LogP contribution >= 0.6 is 0 Å². The molecule has 26 heavy (non-hydrogen) atoms. The van der Waals surface area contributed by atoms with Gasteiger partial charge in [0.1, 0.15) is 6.10 Å². The van der Waals surface area contributed by atoms with Crippen LogP contribution < -0.4 is 9.47 Å². The van der Waals surface area contributed by atoms with Crippen molar-refractivity contribution < 1.29 is 14.3 Å². The van der Waals surface area contributed by atoms with Crippen LogP contribution in [0.5, 0.6) is 11.9 Å². The predicted molar refractivity (Wildman–Crippen MR) is 99.1 cm³/mol. The molecule has 1 amide bonds. The number of piperidine rings is 1. The van der Waals surface area contributed by atoms with Crippen LogP contribution in [0.2, 0.25) is 0 Å². The van der Waals surface area contributed by atoms with Crippen molar-refractivity contribution in [2.45, 2.75) is 58.5 Å². The lowest BCUT2D eigenvalue weighted by molar-refractivity contribution is -0.139. The van der Waals surface area contributed by atoms with Gasteiger partial charge in [-0.25, -0.2) is 4.98 Å². The summed E-state index contributed by atoms with van der Waals surface area (Å²) in [6.07, 6.45) is 7.96. The summed E-state index contributed by atoms with van der Waals surface area (Å²) in [7, 11) is 1.54. The number of nitrogens with zero attached hydrogens (tertiary/aromatic N) is 3. The minimum Gasteiger partial charge on any atom is -0.472 e. The molecule has 2 fully saturated rings. The highest BCUT2D eigenvalue weighted by Crippen LogP contribution is 2.34. The van der Waals surface area contributed by atoms with Gasteiger partial charge in [0, 0.05) is 24.7 Å². The Morgan fingerprint density at radius 3 is 2.69 bits per heavy atom. The molecule has 1 saturated carbocycles. The van der Waals surface area contributed by atoms with Crippen molar-refractivity contribution in [2.75, 3.05) is 20.2 Å². The monoisotopic (exact) mass is 361 g/mol. The van der Waals surface area contributed by atoms with E-state index in [0.717, 1.165) is 44.1 Å². The minimum atomic E-state index is -0.0145. The van der Waals surface area contributed by atoms with Crippen molar-refractivity contribution in [3.63, 3.8) is 0 Å². The average molecular weight is 361 g/mol. The number of rotatable bonds is 5. The van der Waals surface area contributed by atoms with E-state index in [1.54, 1.807) is 12.3 Å². The molecule has 1 saturated heterocycles. The van der Waals surface area contributed by atoms with Gasteiger partial charge in [-0.15, -0.1) is 0 Å². The summed E-state index contributed by atoms with van der Waals surface area (Å²) in [6, 6.07) is 2.03. The van der Waals surface area contributed by atoms with Gasteiger partial charge in [-0.05, 0) is 50.4 Å². The van der Waals surface area contributed by atoms with Crippen LogP contribution in [-0.4, -0.2) is 47.1 Å². The lowest BCUT2D eigenvalue weighted by Gasteiger charge is -2.37. The average Bonchev–Trinajstić information content (AvgIpc) is 2.68. The van der Waals surface area contributed by atoms with E-state index in [1.807, 2.05) is 4.90 Å². The second-order valence-corrected chi connectivity index (χ2v) is 7.90. The number of amides is 1. The molecule has 2 heterocycles. The Kier molecular flexibility index (Phi) is 6.33. The first kappa shape index (κ1) is 18.9. The summed E-state index contributed by atoms with van der Waals surface area (Å²) < 4.78 is 11.0. The van der Waals surface area contributed by atoms with Gasteiger partial charge in [-0.1, -0.05) is 13.8 Å². The van der Waals surface area contributed by atoms with Crippen molar-refractivity contribution in [2.24, 2.45) is 17.8 Å². The lowest BCUT2D eigenvalue weighted by Crippen LogP contribution is -2.47. The molecule has 1 aromatic heterocycles. The zero-order valence-electron chi connectivity index (χ0n) is 16.2. The molecule has 0 radical (unpaired) electrons. The highest BCUT2D eigenvalue weighted by molar-refractivity contribution is 5.79. The first-order chi connectivity index (χ1) is 12.6. The standard InChI is InChI=1S/C20H31N3O3/c1-14(2)15-6-8-16(9-7-15)19(24)23-12-4-5-17(13-23)26-18-10-11-21-20(22-18)25-3/h10-11,14-17H,4-9,12-13H2,1-3H3. The summed E-state index contributed by atoms with van der Waals surface area (Å²) in [4.78, 5) is 23.2. The smallest absolute Gasteiger partial charge is 0.319 e. The number of carbonyl (C=O) groups excluding carboxylic acids is 1. The molecule has 144 valence electrons. The SMILES string of the molecule is COc1nccc(OC2CCCN(C(=O)C3CCC(C(C)C)CC3)C2)n1. The molecular weight excluding hydrogens is 330 g/mol. The number of methoxy groups -OCH3 is 1. The second kappa shape index (κ2) is 8.69. The first-order valence-corrected chi connectivity index (χ1v) is 9.89. The molecule has 0 aromatic carbocycles. The largest absolute Gasteiger partial charge is 0.472 e. The predicted octanol–water partition coefficient (Wildman–Crippen LogP) is 3.32. The second-order valence-electron chi connectivity index (χ2n) is 7.90. The van der Waals surface area contributed by atoms with Gasteiger partial charge >= 0.3 is 6.01 Å².